The molecule has 1 aromatic heterocycles. The summed E-state index contributed by atoms with van der Waals surface area (Å²) in [5.41, 5.74) is -2.20. The quantitative estimate of drug-likeness (QED) is 0.498. The second kappa shape index (κ2) is 7.66. The summed E-state index contributed by atoms with van der Waals surface area (Å²) in [6.45, 7) is 0. The van der Waals surface area contributed by atoms with Crippen LogP contribution in [0.1, 0.15) is 40.2 Å². The van der Waals surface area contributed by atoms with Crippen molar-refractivity contribution in [1.29, 1.82) is 0 Å². The molecule has 168 valence electrons. The van der Waals surface area contributed by atoms with Crippen molar-refractivity contribution in [3.05, 3.63) is 77.4 Å². The zero-order chi connectivity index (χ0) is 23.3. The number of rotatable bonds is 6. The standard InChI is InChI=1S/C21H16F4N2O4S/c22-16-11-18(27-7-1-2-8-27)17(10-15(16)21(23,24)25)26-32(30,31)19-9-13(20(28)29)5-6-14(19)12-3-4-12/h1-2,5-12,26H,3-4H2,(H,28,29). The number of carboxylic acid groups (broad SMARTS) is 1. The number of alkyl halides is 3. The van der Waals surface area contributed by atoms with E-state index in [0.29, 0.717) is 30.5 Å². The second-order valence-electron chi connectivity index (χ2n) is 7.37. The minimum absolute atomic E-state index is 0.0905. The van der Waals surface area contributed by atoms with Crippen molar-refractivity contribution >= 4 is 21.7 Å². The van der Waals surface area contributed by atoms with Gasteiger partial charge in [-0.3, -0.25) is 4.72 Å². The molecule has 0 saturated heterocycles. The largest absolute Gasteiger partial charge is 0.478 e. The third-order valence-electron chi connectivity index (χ3n) is 5.08. The van der Waals surface area contributed by atoms with Gasteiger partial charge >= 0.3 is 12.1 Å². The highest BCUT2D eigenvalue weighted by Gasteiger charge is 2.36. The first-order valence-corrected chi connectivity index (χ1v) is 10.9. The van der Waals surface area contributed by atoms with Gasteiger partial charge in [-0.05, 0) is 54.7 Å². The molecule has 0 radical (unpaired) electrons. The smallest absolute Gasteiger partial charge is 0.419 e. The fourth-order valence-electron chi connectivity index (χ4n) is 3.40. The Morgan fingerprint density at radius 2 is 1.75 bits per heavy atom. The van der Waals surface area contributed by atoms with Crippen molar-refractivity contribution in [3.8, 4) is 5.69 Å². The Morgan fingerprint density at radius 1 is 1.09 bits per heavy atom. The number of hydrogen-bond acceptors (Lipinski definition) is 3. The van der Waals surface area contributed by atoms with E-state index in [0.717, 1.165) is 6.07 Å². The average Bonchev–Trinajstić information content (AvgIpc) is 3.41. The fourth-order valence-corrected chi connectivity index (χ4v) is 4.79. The molecule has 1 fully saturated rings. The summed E-state index contributed by atoms with van der Waals surface area (Å²) in [6, 6.07) is 7.71. The molecule has 0 amide bonds. The zero-order valence-electron chi connectivity index (χ0n) is 16.2. The van der Waals surface area contributed by atoms with Crippen LogP contribution >= 0.6 is 0 Å². The molecule has 2 aromatic carbocycles. The number of halogens is 4. The predicted octanol–water partition coefficient (Wildman–Crippen LogP) is 5.01. The molecule has 2 N–H and O–H groups in total. The number of aromatic carboxylic acids is 1. The molecule has 0 atom stereocenters. The van der Waals surface area contributed by atoms with Crippen LogP contribution in [0.2, 0.25) is 0 Å². The van der Waals surface area contributed by atoms with Crippen LogP contribution in [0.4, 0.5) is 23.2 Å². The lowest BCUT2D eigenvalue weighted by Gasteiger charge is -2.18. The first-order valence-electron chi connectivity index (χ1n) is 9.41. The highest BCUT2D eigenvalue weighted by atomic mass is 32.2. The molecule has 1 aliphatic rings. The van der Waals surface area contributed by atoms with Gasteiger partial charge in [0, 0.05) is 18.5 Å². The maximum Gasteiger partial charge on any atom is 0.419 e. The van der Waals surface area contributed by atoms with E-state index in [4.69, 9.17) is 0 Å². The summed E-state index contributed by atoms with van der Waals surface area (Å²) in [6.07, 6.45) is -0.806. The molecule has 1 heterocycles. The Labute approximate surface area is 180 Å². The molecule has 0 bridgehead atoms. The van der Waals surface area contributed by atoms with E-state index in [9.17, 15) is 35.9 Å². The normalized spacial score (nSPS) is 14.4. The number of hydrogen-bond donors (Lipinski definition) is 2. The van der Waals surface area contributed by atoms with Gasteiger partial charge in [0.15, 0.2) is 0 Å². The molecule has 6 nitrogen and oxygen atoms in total. The first kappa shape index (κ1) is 21.9. The number of sulfonamides is 1. The van der Waals surface area contributed by atoms with E-state index in [1.807, 2.05) is 0 Å². The van der Waals surface area contributed by atoms with Gasteiger partial charge in [0.2, 0.25) is 0 Å². The van der Waals surface area contributed by atoms with Crippen molar-refractivity contribution < 1.29 is 35.9 Å². The van der Waals surface area contributed by atoms with Crippen LogP contribution in [0.5, 0.6) is 0 Å². The van der Waals surface area contributed by atoms with Gasteiger partial charge < -0.3 is 9.67 Å². The minimum Gasteiger partial charge on any atom is -0.478 e. The van der Waals surface area contributed by atoms with Gasteiger partial charge in [0.05, 0.1) is 27.4 Å². The summed E-state index contributed by atoms with van der Waals surface area (Å²) >= 11 is 0. The number of aromatic nitrogens is 1. The van der Waals surface area contributed by atoms with E-state index in [1.165, 1.54) is 41.2 Å². The Bertz CT molecular complexity index is 1300. The molecule has 4 rings (SSSR count). The Morgan fingerprint density at radius 3 is 2.31 bits per heavy atom. The number of anilines is 1. The number of nitrogens with one attached hydrogen (secondary N) is 1. The summed E-state index contributed by atoms with van der Waals surface area (Å²) in [5, 5.41) is 9.25. The van der Waals surface area contributed by atoms with Crippen molar-refractivity contribution in [2.75, 3.05) is 4.72 Å². The average molecular weight is 468 g/mol. The van der Waals surface area contributed by atoms with E-state index in [2.05, 4.69) is 4.72 Å². The van der Waals surface area contributed by atoms with Crippen molar-refractivity contribution in [3.63, 3.8) is 0 Å². The summed E-state index contributed by atoms with van der Waals surface area (Å²) in [5.74, 6) is -3.00. The third-order valence-corrected chi connectivity index (χ3v) is 6.51. The molecule has 1 saturated carbocycles. The van der Waals surface area contributed by atoms with Crippen LogP contribution in [0.3, 0.4) is 0 Å². The summed E-state index contributed by atoms with van der Waals surface area (Å²) in [7, 11) is -4.51. The van der Waals surface area contributed by atoms with E-state index in [1.54, 1.807) is 0 Å². The highest BCUT2D eigenvalue weighted by Crippen LogP contribution is 2.44. The lowest BCUT2D eigenvalue weighted by Crippen LogP contribution is -2.19. The Balaban J connectivity index is 1.86. The molecular weight excluding hydrogens is 452 g/mol. The fraction of sp³-hybridized carbons (Fsp3) is 0.190. The lowest BCUT2D eigenvalue weighted by molar-refractivity contribution is -0.139. The van der Waals surface area contributed by atoms with Crippen molar-refractivity contribution in [2.45, 2.75) is 29.8 Å². The van der Waals surface area contributed by atoms with Gasteiger partial charge in [-0.25, -0.2) is 17.6 Å². The van der Waals surface area contributed by atoms with Gasteiger partial charge in [-0.2, -0.15) is 13.2 Å². The lowest BCUT2D eigenvalue weighted by atomic mass is 10.1. The predicted molar refractivity (Wildman–Crippen MR) is 107 cm³/mol. The number of carboxylic acids is 1. The Hall–Kier alpha value is -3.34. The van der Waals surface area contributed by atoms with E-state index >= 15 is 0 Å². The maximum absolute atomic E-state index is 14.2. The summed E-state index contributed by atoms with van der Waals surface area (Å²) < 4.78 is 83.9. The molecule has 0 spiro atoms. The first-order chi connectivity index (χ1) is 15.0. The minimum atomic E-state index is -5.05. The SMILES string of the molecule is O=C(O)c1ccc(C2CC2)c(S(=O)(=O)Nc2cc(C(F)(F)F)c(F)cc2-n2cccc2)c1. The molecule has 0 unspecified atom stereocenters. The molecule has 11 heteroatoms. The molecule has 1 aliphatic carbocycles. The molecule has 3 aromatic rings. The van der Waals surface area contributed by atoms with Crippen molar-refractivity contribution in [1.82, 2.24) is 4.57 Å². The van der Waals surface area contributed by atoms with Crippen LogP contribution in [0, 0.1) is 5.82 Å². The molecular formula is C21H16F4N2O4S. The number of carbonyl (C=O) groups is 1. The van der Waals surface area contributed by atoms with Crippen LogP contribution in [-0.2, 0) is 16.2 Å². The van der Waals surface area contributed by atoms with Gasteiger partial charge in [0.1, 0.15) is 5.82 Å². The van der Waals surface area contributed by atoms with Crippen LogP contribution in [0.15, 0.2) is 59.8 Å². The van der Waals surface area contributed by atoms with Crippen LogP contribution in [0.25, 0.3) is 5.69 Å². The third kappa shape index (κ3) is 4.20. The number of benzene rings is 2. The summed E-state index contributed by atoms with van der Waals surface area (Å²) in [4.78, 5) is 11.0. The van der Waals surface area contributed by atoms with Crippen LogP contribution < -0.4 is 4.72 Å². The van der Waals surface area contributed by atoms with Crippen LogP contribution in [-0.4, -0.2) is 24.1 Å². The topological polar surface area (TPSA) is 88.4 Å². The van der Waals surface area contributed by atoms with E-state index < -0.39 is 39.2 Å². The van der Waals surface area contributed by atoms with Gasteiger partial charge in [0.25, 0.3) is 10.0 Å². The zero-order valence-corrected chi connectivity index (χ0v) is 17.0. The number of nitrogens with zero attached hydrogens (tertiary/aromatic N) is 1. The second-order valence-corrected chi connectivity index (χ2v) is 9.03. The molecule has 0 aliphatic heterocycles. The maximum atomic E-state index is 14.2. The Kier molecular flexibility index (Phi) is 5.24. The monoisotopic (exact) mass is 468 g/mol. The highest BCUT2D eigenvalue weighted by molar-refractivity contribution is 7.92. The van der Waals surface area contributed by atoms with Gasteiger partial charge in [-0.1, -0.05) is 6.07 Å². The van der Waals surface area contributed by atoms with Gasteiger partial charge in [-0.15, -0.1) is 0 Å². The van der Waals surface area contributed by atoms with Crippen molar-refractivity contribution in [2.24, 2.45) is 0 Å². The van der Waals surface area contributed by atoms with E-state index in [-0.39, 0.29) is 22.1 Å². The molecule has 32 heavy (non-hydrogen) atoms.